The van der Waals surface area contributed by atoms with E-state index < -0.39 is 11.9 Å². The molecular formula is C42H78CaO4. The molecule has 0 spiro atoms. The van der Waals surface area contributed by atoms with Crippen molar-refractivity contribution >= 4 is 49.7 Å². The molecule has 0 aliphatic carbocycles. The van der Waals surface area contributed by atoms with Crippen LogP contribution in [0.4, 0.5) is 0 Å². The summed E-state index contributed by atoms with van der Waals surface area (Å²) in [6.07, 6.45) is 43.2. The van der Waals surface area contributed by atoms with E-state index in [9.17, 15) is 19.8 Å². The summed E-state index contributed by atoms with van der Waals surface area (Å²) in [6.45, 7) is 11.8. The largest absolute Gasteiger partial charge is 2.00 e. The van der Waals surface area contributed by atoms with E-state index in [2.05, 4.69) is 27.0 Å². The smallest absolute Gasteiger partial charge is 0.550 e. The number of carbonyl (C=O) groups excluding carboxylic acids is 2. The minimum absolute atomic E-state index is 0. The van der Waals surface area contributed by atoms with Gasteiger partial charge in [-0.2, -0.15) is 0 Å². The summed E-state index contributed by atoms with van der Waals surface area (Å²) in [5.74, 6) is -2.49. The summed E-state index contributed by atoms with van der Waals surface area (Å²) in [6, 6.07) is 0. The van der Waals surface area contributed by atoms with E-state index in [1.54, 1.807) is 12.2 Å². The Bertz CT molecular complexity index is 609. The molecule has 0 aromatic carbocycles. The molecule has 0 aromatic heterocycles. The Hall–Kier alpha value is -0.320. The fourth-order valence-electron chi connectivity index (χ4n) is 6.24. The van der Waals surface area contributed by atoms with Gasteiger partial charge in [-0.1, -0.05) is 206 Å². The zero-order valence-electron chi connectivity index (χ0n) is 31.7. The van der Waals surface area contributed by atoms with Crippen molar-refractivity contribution in [3.63, 3.8) is 0 Å². The Morgan fingerprint density at radius 2 is 0.617 bits per heavy atom. The van der Waals surface area contributed by atoms with Crippen LogP contribution in [0.25, 0.3) is 0 Å². The molecule has 4 nitrogen and oxygen atoms in total. The maximum absolute atomic E-state index is 10.9. The zero-order valence-corrected chi connectivity index (χ0v) is 33.9. The Labute approximate surface area is 323 Å². The minimum Gasteiger partial charge on any atom is -0.550 e. The number of hydrogen-bond acceptors (Lipinski definition) is 4. The molecule has 47 heavy (non-hydrogen) atoms. The third-order valence-corrected chi connectivity index (χ3v) is 9.38. The molecule has 0 rings (SSSR count). The number of rotatable bonds is 36. The van der Waals surface area contributed by atoms with Gasteiger partial charge in [-0.05, 0) is 25.7 Å². The number of aliphatic carboxylic acids is 2. The Morgan fingerprint density at radius 3 is 0.787 bits per heavy atom. The molecule has 5 heteroatoms. The maximum atomic E-state index is 10.9. The molecule has 0 aromatic rings. The monoisotopic (exact) mass is 687 g/mol. The van der Waals surface area contributed by atoms with Gasteiger partial charge in [0.25, 0.3) is 0 Å². The summed E-state index contributed by atoms with van der Waals surface area (Å²) in [4.78, 5) is 21.8. The van der Waals surface area contributed by atoms with Crippen LogP contribution in [0.2, 0.25) is 0 Å². The Kier molecular flexibility index (Phi) is 47.5. The van der Waals surface area contributed by atoms with Crippen LogP contribution in [0.1, 0.15) is 219 Å². The molecule has 0 amide bonds. The van der Waals surface area contributed by atoms with Gasteiger partial charge >= 0.3 is 37.7 Å². The molecule has 0 saturated carbocycles. The van der Waals surface area contributed by atoms with Gasteiger partial charge in [0.15, 0.2) is 0 Å². The van der Waals surface area contributed by atoms with Gasteiger partial charge in [-0.15, -0.1) is 13.2 Å². The first kappa shape index (κ1) is 51.1. The first-order valence-corrected chi connectivity index (χ1v) is 20.1. The zero-order chi connectivity index (χ0) is 34.4. The third-order valence-electron chi connectivity index (χ3n) is 9.38. The normalized spacial score (nSPS) is 12.0. The quantitative estimate of drug-likeness (QED) is 0.0373. The number of hydrogen-bond donors (Lipinski definition) is 0. The average molecular weight is 687 g/mol. The van der Waals surface area contributed by atoms with E-state index in [0.29, 0.717) is 12.8 Å². The summed E-state index contributed by atoms with van der Waals surface area (Å²) in [5.41, 5.74) is 0. The van der Waals surface area contributed by atoms with Crippen LogP contribution >= 0.6 is 0 Å². The second-order valence-electron chi connectivity index (χ2n) is 13.9. The molecule has 0 saturated heterocycles. The molecule has 0 radical (unpaired) electrons. The van der Waals surface area contributed by atoms with Crippen molar-refractivity contribution in [2.24, 2.45) is 11.8 Å². The maximum Gasteiger partial charge on any atom is 2.00 e. The molecule has 0 bridgehead atoms. The minimum atomic E-state index is -0.917. The second kappa shape index (κ2) is 43.7. The fraction of sp³-hybridized carbons (Fsp3) is 0.857. The molecule has 0 fully saturated rings. The van der Waals surface area contributed by atoms with Gasteiger partial charge < -0.3 is 19.8 Å². The number of allylic oxidation sites excluding steroid dienone is 2. The number of carboxylic acids is 2. The van der Waals surface area contributed by atoms with Crippen molar-refractivity contribution in [1.29, 1.82) is 0 Å². The first-order chi connectivity index (χ1) is 22.4. The number of carbonyl (C=O) groups is 2. The topological polar surface area (TPSA) is 80.3 Å². The van der Waals surface area contributed by atoms with Crippen LogP contribution in [-0.4, -0.2) is 49.7 Å². The van der Waals surface area contributed by atoms with E-state index in [4.69, 9.17) is 0 Å². The fourth-order valence-corrected chi connectivity index (χ4v) is 6.24. The van der Waals surface area contributed by atoms with Crippen molar-refractivity contribution in [1.82, 2.24) is 0 Å². The standard InChI is InChI=1S/2C21H40O2.Ca/c2*1-3-5-6-7-8-9-10-11-12-13-14-15-16-17-19-20(18-4-2)21(22)23;/h2*4,20H,2-3,5-19H2,1H3,(H,22,23);/q;;+2/p-2. The number of unbranched alkanes of at least 4 members (excludes halogenated alkanes) is 26. The van der Waals surface area contributed by atoms with Crippen molar-refractivity contribution in [2.75, 3.05) is 0 Å². The SMILES string of the molecule is C=CCC(CCCCCCCCCCCCCCCC)C(=O)[O-].C=CCC(CCCCCCCCCCCCCCCC)C(=O)[O-].[Ca+2]. The summed E-state index contributed by atoms with van der Waals surface area (Å²) in [5, 5.41) is 21.8. The van der Waals surface area contributed by atoms with Gasteiger partial charge in [-0.25, -0.2) is 0 Å². The van der Waals surface area contributed by atoms with E-state index in [1.807, 2.05) is 0 Å². The summed E-state index contributed by atoms with van der Waals surface area (Å²) >= 11 is 0. The molecule has 0 N–H and O–H groups in total. The molecule has 2 unspecified atom stereocenters. The van der Waals surface area contributed by atoms with Crippen molar-refractivity contribution in [3.8, 4) is 0 Å². The van der Waals surface area contributed by atoms with Crippen LogP contribution in [-0.2, 0) is 9.59 Å². The van der Waals surface area contributed by atoms with Gasteiger partial charge in [0.1, 0.15) is 0 Å². The summed E-state index contributed by atoms with van der Waals surface area (Å²) in [7, 11) is 0. The first-order valence-electron chi connectivity index (χ1n) is 20.1. The van der Waals surface area contributed by atoms with E-state index in [-0.39, 0.29) is 49.6 Å². The van der Waals surface area contributed by atoms with Gasteiger partial charge in [0, 0.05) is 23.8 Å². The Morgan fingerprint density at radius 1 is 0.426 bits per heavy atom. The van der Waals surface area contributed by atoms with Gasteiger partial charge in [0.05, 0.1) is 0 Å². The summed E-state index contributed by atoms with van der Waals surface area (Å²) < 4.78 is 0. The van der Waals surface area contributed by atoms with Crippen LogP contribution in [0.15, 0.2) is 25.3 Å². The molecule has 2 atom stereocenters. The molecular weight excluding hydrogens is 609 g/mol. The van der Waals surface area contributed by atoms with Crippen molar-refractivity contribution < 1.29 is 19.8 Å². The molecule has 0 aliphatic rings. The average Bonchev–Trinajstić information content (AvgIpc) is 3.04. The molecule has 272 valence electrons. The van der Waals surface area contributed by atoms with Crippen LogP contribution in [0, 0.1) is 11.8 Å². The van der Waals surface area contributed by atoms with Gasteiger partial charge in [-0.3, -0.25) is 0 Å². The van der Waals surface area contributed by atoms with Crippen molar-refractivity contribution in [2.45, 2.75) is 219 Å². The third kappa shape index (κ3) is 41.8. The van der Waals surface area contributed by atoms with Crippen LogP contribution in [0.5, 0.6) is 0 Å². The van der Waals surface area contributed by atoms with Gasteiger partial charge in [0.2, 0.25) is 0 Å². The van der Waals surface area contributed by atoms with Crippen LogP contribution < -0.4 is 10.2 Å². The van der Waals surface area contributed by atoms with E-state index in [1.165, 1.54) is 154 Å². The van der Waals surface area contributed by atoms with Crippen molar-refractivity contribution in [3.05, 3.63) is 25.3 Å². The van der Waals surface area contributed by atoms with E-state index >= 15 is 0 Å². The Balaban J connectivity index is -0.000000807. The second-order valence-corrected chi connectivity index (χ2v) is 13.9. The predicted octanol–water partition coefficient (Wildman–Crippen LogP) is 11.2. The molecule has 0 aliphatic heterocycles. The van der Waals surface area contributed by atoms with Crippen LogP contribution in [0.3, 0.4) is 0 Å². The predicted molar refractivity (Wildman–Crippen MR) is 202 cm³/mol. The number of carboxylic acid groups (broad SMARTS) is 2. The van der Waals surface area contributed by atoms with E-state index in [0.717, 1.165) is 38.5 Å². The molecule has 0 heterocycles.